The molecule has 1 fully saturated rings. The number of hydrogen-bond acceptors (Lipinski definition) is 3. The molecule has 0 bridgehead atoms. The molecule has 1 saturated carbocycles. The van der Waals surface area contributed by atoms with Gasteiger partial charge >= 0.3 is 0 Å². The highest BCUT2D eigenvalue weighted by molar-refractivity contribution is 5.95. The third-order valence-electron chi connectivity index (χ3n) is 3.41. The summed E-state index contributed by atoms with van der Waals surface area (Å²) in [7, 11) is 0. The van der Waals surface area contributed by atoms with Gasteiger partial charge in [-0.2, -0.15) is 0 Å². The van der Waals surface area contributed by atoms with Crippen molar-refractivity contribution in [2.24, 2.45) is 5.73 Å². The first-order valence-electron chi connectivity index (χ1n) is 6.47. The molecule has 3 atom stereocenters. The van der Waals surface area contributed by atoms with Crippen molar-refractivity contribution in [2.45, 2.75) is 38.5 Å². The molecule has 3 N–H and O–H groups in total. The minimum Gasteiger partial charge on any atom is -0.376 e. The SMILES string of the molecule is CCOC1CC(N)C1NC(=O)c1cc(C)ccc1F. The van der Waals surface area contributed by atoms with Crippen LogP contribution in [0.4, 0.5) is 4.39 Å². The van der Waals surface area contributed by atoms with Gasteiger partial charge in [0, 0.05) is 12.6 Å². The van der Waals surface area contributed by atoms with Crippen molar-refractivity contribution in [3.8, 4) is 0 Å². The number of carbonyl (C=O) groups is 1. The lowest BCUT2D eigenvalue weighted by molar-refractivity contribution is -0.0300. The Balaban J connectivity index is 2.06. The molecule has 1 aromatic carbocycles. The summed E-state index contributed by atoms with van der Waals surface area (Å²) in [4.78, 5) is 12.1. The third-order valence-corrected chi connectivity index (χ3v) is 3.41. The summed E-state index contributed by atoms with van der Waals surface area (Å²) in [5, 5.41) is 2.76. The summed E-state index contributed by atoms with van der Waals surface area (Å²) in [6.45, 7) is 4.28. The Morgan fingerprint density at radius 3 is 2.95 bits per heavy atom. The second-order valence-corrected chi connectivity index (χ2v) is 4.88. The molecule has 1 aliphatic carbocycles. The minimum absolute atomic E-state index is 0.0503. The van der Waals surface area contributed by atoms with Crippen molar-refractivity contribution < 1.29 is 13.9 Å². The molecule has 1 aromatic rings. The standard InChI is InChI=1S/C14H19FN2O2/c1-3-19-12-7-11(16)13(12)17-14(18)9-6-8(2)4-5-10(9)15/h4-6,11-13H,3,7,16H2,1-2H3,(H,17,18). The maximum atomic E-state index is 13.6. The predicted molar refractivity (Wildman–Crippen MR) is 70.4 cm³/mol. The summed E-state index contributed by atoms with van der Waals surface area (Å²) in [5.41, 5.74) is 6.74. The lowest BCUT2D eigenvalue weighted by Crippen LogP contribution is -2.64. The van der Waals surface area contributed by atoms with E-state index in [1.54, 1.807) is 6.07 Å². The van der Waals surface area contributed by atoms with Gasteiger partial charge in [0.15, 0.2) is 0 Å². The topological polar surface area (TPSA) is 64.3 Å². The molecular formula is C14H19FN2O2. The molecule has 1 amide bonds. The molecule has 0 radical (unpaired) electrons. The van der Waals surface area contributed by atoms with Gasteiger partial charge in [-0.15, -0.1) is 0 Å². The fraction of sp³-hybridized carbons (Fsp3) is 0.500. The quantitative estimate of drug-likeness (QED) is 0.865. The monoisotopic (exact) mass is 266 g/mol. The number of halogens is 1. The van der Waals surface area contributed by atoms with Gasteiger partial charge < -0.3 is 15.8 Å². The summed E-state index contributed by atoms with van der Waals surface area (Å²) >= 11 is 0. The van der Waals surface area contributed by atoms with Crippen LogP contribution in [0, 0.1) is 12.7 Å². The van der Waals surface area contributed by atoms with Crippen molar-refractivity contribution in [3.63, 3.8) is 0 Å². The molecule has 104 valence electrons. The van der Waals surface area contributed by atoms with E-state index in [4.69, 9.17) is 10.5 Å². The van der Waals surface area contributed by atoms with E-state index in [1.807, 2.05) is 13.8 Å². The first-order valence-corrected chi connectivity index (χ1v) is 6.47. The Labute approximate surface area is 112 Å². The zero-order valence-electron chi connectivity index (χ0n) is 11.2. The average Bonchev–Trinajstić information content (AvgIpc) is 2.38. The number of amides is 1. The Morgan fingerprint density at radius 1 is 1.58 bits per heavy atom. The summed E-state index contributed by atoms with van der Waals surface area (Å²) in [6.07, 6.45) is 0.645. The Hall–Kier alpha value is -1.46. The number of benzene rings is 1. The van der Waals surface area contributed by atoms with Gasteiger partial charge in [0.25, 0.3) is 5.91 Å². The Kier molecular flexibility index (Phi) is 4.17. The van der Waals surface area contributed by atoms with Gasteiger partial charge in [0.05, 0.1) is 17.7 Å². The molecule has 0 aromatic heterocycles. The van der Waals surface area contributed by atoms with Gasteiger partial charge in [0.1, 0.15) is 5.82 Å². The number of carbonyl (C=O) groups excluding carboxylic acids is 1. The fourth-order valence-electron chi connectivity index (χ4n) is 2.27. The highest BCUT2D eigenvalue weighted by Gasteiger charge is 2.40. The van der Waals surface area contributed by atoms with E-state index in [9.17, 15) is 9.18 Å². The van der Waals surface area contributed by atoms with Crippen molar-refractivity contribution in [1.82, 2.24) is 5.32 Å². The smallest absolute Gasteiger partial charge is 0.254 e. The molecular weight excluding hydrogens is 247 g/mol. The van der Waals surface area contributed by atoms with Crippen LogP contribution in [-0.4, -0.2) is 30.7 Å². The van der Waals surface area contributed by atoms with E-state index >= 15 is 0 Å². The molecule has 0 heterocycles. The highest BCUT2D eigenvalue weighted by Crippen LogP contribution is 2.23. The summed E-state index contributed by atoms with van der Waals surface area (Å²) in [5.74, 6) is -0.963. The number of nitrogens with two attached hydrogens (primary N) is 1. The number of ether oxygens (including phenoxy) is 1. The van der Waals surface area contributed by atoms with Crippen molar-refractivity contribution in [3.05, 3.63) is 35.1 Å². The van der Waals surface area contributed by atoms with Crippen LogP contribution in [0.15, 0.2) is 18.2 Å². The van der Waals surface area contributed by atoms with Gasteiger partial charge in [-0.25, -0.2) is 4.39 Å². The fourth-order valence-corrected chi connectivity index (χ4v) is 2.27. The van der Waals surface area contributed by atoms with Crippen LogP contribution in [-0.2, 0) is 4.74 Å². The molecule has 5 heteroatoms. The lowest BCUT2D eigenvalue weighted by Gasteiger charge is -2.42. The summed E-state index contributed by atoms with van der Waals surface area (Å²) < 4.78 is 19.1. The first-order chi connectivity index (χ1) is 9.02. The number of hydrogen-bond donors (Lipinski definition) is 2. The maximum absolute atomic E-state index is 13.6. The molecule has 2 rings (SSSR count). The van der Waals surface area contributed by atoms with Crippen molar-refractivity contribution in [2.75, 3.05) is 6.61 Å². The van der Waals surface area contributed by atoms with Crippen LogP contribution in [0.3, 0.4) is 0 Å². The molecule has 0 saturated heterocycles. The van der Waals surface area contributed by atoms with Crippen molar-refractivity contribution >= 4 is 5.91 Å². The molecule has 1 aliphatic rings. The molecule has 3 unspecified atom stereocenters. The Bertz CT molecular complexity index is 477. The van der Waals surface area contributed by atoms with Gasteiger partial charge in [0.2, 0.25) is 0 Å². The van der Waals surface area contributed by atoms with Gasteiger partial charge in [-0.3, -0.25) is 4.79 Å². The maximum Gasteiger partial charge on any atom is 0.254 e. The van der Waals surface area contributed by atoms with Crippen LogP contribution in [0.2, 0.25) is 0 Å². The largest absolute Gasteiger partial charge is 0.376 e. The second-order valence-electron chi connectivity index (χ2n) is 4.88. The number of aryl methyl sites for hydroxylation is 1. The molecule has 19 heavy (non-hydrogen) atoms. The molecule has 4 nitrogen and oxygen atoms in total. The Morgan fingerprint density at radius 2 is 2.32 bits per heavy atom. The third kappa shape index (κ3) is 2.93. The van der Waals surface area contributed by atoms with E-state index in [2.05, 4.69) is 5.32 Å². The number of nitrogens with one attached hydrogen (secondary N) is 1. The van der Waals surface area contributed by atoms with Crippen LogP contribution in [0.1, 0.15) is 29.3 Å². The molecule has 0 aliphatic heterocycles. The van der Waals surface area contributed by atoms with Crippen LogP contribution >= 0.6 is 0 Å². The van der Waals surface area contributed by atoms with E-state index < -0.39 is 11.7 Å². The zero-order chi connectivity index (χ0) is 14.0. The minimum atomic E-state index is -0.524. The normalized spacial score (nSPS) is 25.8. The molecule has 0 spiro atoms. The van der Waals surface area contributed by atoms with E-state index in [0.29, 0.717) is 6.61 Å². The predicted octanol–water partition coefficient (Wildman–Crippen LogP) is 1.37. The highest BCUT2D eigenvalue weighted by atomic mass is 19.1. The second kappa shape index (κ2) is 5.67. The van der Waals surface area contributed by atoms with Crippen LogP contribution < -0.4 is 11.1 Å². The lowest BCUT2D eigenvalue weighted by atomic mass is 9.83. The average molecular weight is 266 g/mol. The van der Waals surface area contributed by atoms with Crippen LogP contribution in [0.5, 0.6) is 0 Å². The van der Waals surface area contributed by atoms with Crippen molar-refractivity contribution in [1.29, 1.82) is 0 Å². The van der Waals surface area contributed by atoms with E-state index in [1.165, 1.54) is 12.1 Å². The van der Waals surface area contributed by atoms with Gasteiger partial charge in [-0.05, 0) is 32.4 Å². The van der Waals surface area contributed by atoms with E-state index in [-0.39, 0.29) is 23.8 Å². The number of rotatable bonds is 4. The van der Waals surface area contributed by atoms with E-state index in [0.717, 1.165) is 12.0 Å². The van der Waals surface area contributed by atoms with Gasteiger partial charge in [-0.1, -0.05) is 11.6 Å². The zero-order valence-corrected chi connectivity index (χ0v) is 11.2. The first kappa shape index (κ1) is 14.0. The van der Waals surface area contributed by atoms with Crippen LogP contribution in [0.25, 0.3) is 0 Å². The summed E-state index contributed by atoms with van der Waals surface area (Å²) in [6, 6.07) is 4.08.